The third kappa shape index (κ3) is 1.82. The molecule has 0 aliphatic heterocycles. The third-order valence-electron chi connectivity index (χ3n) is 2.50. The highest BCUT2D eigenvalue weighted by Crippen LogP contribution is 2.29. The number of thiophene rings is 1. The highest BCUT2D eigenvalue weighted by molar-refractivity contribution is 7.19. The average Bonchev–Trinajstić information content (AvgIpc) is 2.93. The lowest BCUT2D eigenvalue weighted by Gasteiger charge is -1.99. The zero-order chi connectivity index (χ0) is 11.8. The summed E-state index contributed by atoms with van der Waals surface area (Å²) in [5.74, 6) is 0.806. The molecule has 0 fully saturated rings. The van der Waals surface area contributed by atoms with Crippen LogP contribution < -0.4 is 5.73 Å². The van der Waals surface area contributed by atoms with E-state index in [1.54, 1.807) is 0 Å². The Morgan fingerprint density at radius 3 is 2.88 bits per heavy atom. The smallest absolute Gasteiger partial charge is 0.178 e. The Morgan fingerprint density at radius 2 is 2.18 bits per heavy atom. The summed E-state index contributed by atoms with van der Waals surface area (Å²) in [7, 11) is 0. The maximum absolute atomic E-state index is 5.92. The molecule has 0 saturated carbocycles. The number of nitrogens with two attached hydrogens (primary N) is 1. The quantitative estimate of drug-likeness (QED) is 0.774. The summed E-state index contributed by atoms with van der Waals surface area (Å²) >= 11 is 7.41. The zero-order valence-electron chi connectivity index (χ0n) is 8.80. The Labute approximate surface area is 107 Å². The topological polar surface area (TPSA) is 56.2 Å². The minimum atomic E-state index is 0.503. The van der Waals surface area contributed by atoms with E-state index in [4.69, 9.17) is 17.3 Å². The monoisotopic (exact) mass is 264 g/mol. The zero-order valence-corrected chi connectivity index (χ0v) is 10.4. The van der Waals surface area contributed by atoms with Crippen molar-refractivity contribution in [3.63, 3.8) is 0 Å². The number of hydrogen-bond donors (Lipinski definition) is 1. The lowest BCUT2D eigenvalue weighted by atomic mass is 10.2. The van der Waals surface area contributed by atoms with Crippen LogP contribution in [0.3, 0.4) is 0 Å². The SMILES string of the molecule is NCc1ccn2c(-c3ccc(Cl)s3)nnc2c1. The number of fused-ring (bicyclic) bond motifs is 1. The summed E-state index contributed by atoms with van der Waals surface area (Å²) in [5.41, 5.74) is 7.43. The molecule has 0 saturated heterocycles. The van der Waals surface area contributed by atoms with Crippen molar-refractivity contribution in [1.82, 2.24) is 14.6 Å². The minimum Gasteiger partial charge on any atom is -0.326 e. The van der Waals surface area contributed by atoms with Gasteiger partial charge in [-0.2, -0.15) is 0 Å². The van der Waals surface area contributed by atoms with Crippen molar-refractivity contribution in [3.8, 4) is 10.7 Å². The molecule has 0 spiro atoms. The molecule has 86 valence electrons. The molecule has 3 aromatic heterocycles. The predicted octanol–water partition coefficient (Wildman–Crippen LogP) is 2.57. The van der Waals surface area contributed by atoms with E-state index in [1.165, 1.54) is 11.3 Å². The van der Waals surface area contributed by atoms with Crippen LogP contribution in [0.1, 0.15) is 5.56 Å². The standard InChI is InChI=1S/C11H9ClN4S/c12-9-2-1-8(17-9)11-15-14-10-5-7(6-13)3-4-16(10)11/h1-5H,6,13H2. The number of aromatic nitrogens is 3. The molecule has 0 radical (unpaired) electrons. The summed E-state index contributed by atoms with van der Waals surface area (Å²) in [6.45, 7) is 0.503. The normalized spacial score (nSPS) is 11.2. The van der Waals surface area contributed by atoms with Gasteiger partial charge >= 0.3 is 0 Å². The molecule has 0 amide bonds. The van der Waals surface area contributed by atoms with Crippen LogP contribution in [-0.2, 0) is 6.54 Å². The van der Waals surface area contributed by atoms with Gasteiger partial charge in [-0.15, -0.1) is 21.5 Å². The van der Waals surface area contributed by atoms with E-state index >= 15 is 0 Å². The van der Waals surface area contributed by atoms with Crippen LogP contribution in [0.2, 0.25) is 4.34 Å². The van der Waals surface area contributed by atoms with Crippen molar-refractivity contribution in [2.75, 3.05) is 0 Å². The molecule has 0 aliphatic carbocycles. The van der Waals surface area contributed by atoms with E-state index in [0.29, 0.717) is 6.54 Å². The van der Waals surface area contributed by atoms with Gasteiger partial charge in [-0.3, -0.25) is 4.40 Å². The Morgan fingerprint density at radius 1 is 1.29 bits per heavy atom. The molecule has 0 aromatic carbocycles. The molecule has 0 atom stereocenters. The molecule has 3 rings (SSSR count). The van der Waals surface area contributed by atoms with E-state index in [1.807, 2.05) is 34.9 Å². The van der Waals surface area contributed by atoms with Crippen LogP contribution in [0.4, 0.5) is 0 Å². The van der Waals surface area contributed by atoms with Crippen molar-refractivity contribution >= 4 is 28.6 Å². The number of hydrogen-bond acceptors (Lipinski definition) is 4. The fourth-order valence-electron chi connectivity index (χ4n) is 1.66. The Hall–Kier alpha value is -1.43. The van der Waals surface area contributed by atoms with Gasteiger partial charge in [0.05, 0.1) is 9.21 Å². The molecule has 0 aliphatic rings. The van der Waals surface area contributed by atoms with E-state index < -0.39 is 0 Å². The van der Waals surface area contributed by atoms with Gasteiger partial charge in [-0.1, -0.05) is 11.6 Å². The first-order valence-corrected chi connectivity index (χ1v) is 6.27. The molecule has 0 bridgehead atoms. The highest BCUT2D eigenvalue weighted by atomic mass is 35.5. The lowest BCUT2D eigenvalue weighted by Crippen LogP contribution is -1.97. The number of rotatable bonds is 2. The van der Waals surface area contributed by atoms with Gasteiger partial charge in [0.15, 0.2) is 11.5 Å². The van der Waals surface area contributed by atoms with Crippen LogP contribution in [0.25, 0.3) is 16.3 Å². The van der Waals surface area contributed by atoms with E-state index in [-0.39, 0.29) is 0 Å². The van der Waals surface area contributed by atoms with Gasteiger partial charge in [-0.25, -0.2) is 0 Å². The molecule has 6 heteroatoms. The van der Waals surface area contributed by atoms with Gasteiger partial charge in [0.2, 0.25) is 0 Å². The molecule has 17 heavy (non-hydrogen) atoms. The van der Waals surface area contributed by atoms with E-state index in [2.05, 4.69) is 10.2 Å². The predicted molar refractivity (Wildman–Crippen MR) is 69.2 cm³/mol. The van der Waals surface area contributed by atoms with E-state index in [0.717, 1.165) is 26.2 Å². The second kappa shape index (κ2) is 4.10. The van der Waals surface area contributed by atoms with Gasteiger partial charge in [-0.05, 0) is 29.8 Å². The first-order valence-electron chi connectivity index (χ1n) is 5.07. The van der Waals surface area contributed by atoms with Gasteiger partial charge in [0.1, 0.15) is 0 Å². The Kier molecular flexibility index (Phi) is 2.58. The largest absolute Gasteiger partial charge is 0.326 e. The summed E-state index contributed by atoms with van der Waals surface area (Å²) in [6.07, 6.45) is 1.93. The lowest BCUT2D eigenvalue weighted by molar-refractivity contribution is 1.05. The first-order chi connectivity index (χ1) is 8.28. The number of nitrogens with zero attached hydrogens (tertiary/aromatic N) is 3. The maximum Gasteiger partial charge on any atom is 0.178 e. The van der Waals surface area contributed by atoms with Crippen LogP contribution in [0, 0.1) is 0 Å². The Balaban J connectivity index is 2.18. The number of pyridine rings is 1. The van der Waals surface area contributed by atoms with Crippen LogP contribution in [-0.4, -0.2) is 14.6 Å². The minimum absolute atomic E-state index is 0.503. The van der Waals surface area contributed by atoms with Gasteiger partial charge in [0.25, 0.3) is 0 Å². The fraction of sp³-hybridized carbons (Fsp3) is 0.0909. The van der Waals surface area contributed by atoms with Crippen LogP contribution in [0.5, 0.6) is 0 Å². The van der Waals surface area contributed by atoms with Crippen molar-refractivity contribution in [1.29, 1.82) is 0 Å². The van der Waals surface area contributed by atoms with Crippen molar-refractivity contribution in [2.24, 2.45) is 5.73 Å². The van der Waals surface area contributed by atoms with Crippen LogP contribution in [0.15, 0.2) is 30.5 Å². The fourth-order valence-corrected chi connectivity index (χ4v) is 2.69. The molecular formula is C11H9ClN4S. The number of halogens is 1. The van der Waals surface area contributed by atoms with Gasteiger partial charge < -0.3 is 5.73 Å². The molecule has 4 nitrogen and oxygen atoms in total. The summed E-state index contributed by atoms with van der Waals surface area (Å²) in [4.78, 5) is 1.00. The third-order valence-corrected chi connectivity index (χ3v) is 3.73. The van der Waals surface area contributed by atoms with Crippen molar-refractivity contribution in [3.05, 3.63) is 40.4 Å². The van der Waals surface area contributed by atoms with Crippen LogP contribution >= 0.6 is 22.9 Å². The summed E-state index contributed by atoms with van der Waals surface area (Å²) in [6, 6.07) is 7.71. The second-order valence-electron chi connectivity index (χ2n) is 3.59. The van der Waals surface area contributed by atoms with Gasteiger partial charge in [0, 0.05) is 12.7 Å². The molecular weight excluding hydrogens is 256 g/mol. The van der Waals surface area contributed by atoms with E-state index in [9.17, 15) is 0 Å². The Bertz CT molecular complexity index is 673. The highest BCUT2D eigenvalue weighted by Gasteiger charge is 2.10. The summed E-state index contributed by atoms with van der Waals surface area (Å²) in [5, 5.41) is 8.31. The second-order valence-corrected chi connectivity index (χ2v) is 5.31. The summed E-state index contributed by atoms with van der Waals surface area (Å²) < 4.78 is 2.68. The molecule has 2 N–H and O–H groups in total. The molecule has 3 aromatic rings. The molecule has 3 heterocycles. The maximum atomic E-state index is 5.92. The first kappa shape index (κ1) is 10.7. The van der Waals surface area contributed by atoms with Crippen molar-refractivity contribution < 1.29 is 0 Å². The van der Waals surface area contributed by atoms with Crippen molar-refractivity contribution in [2.45, 2.75) is 6.54 Å². The average molecular weight is 265 g/mol. The molecule has 0 unspecified atom stereocenters.